The molecule has 0 aromatic heterocycles. The Labute approximate surface area is 86.4 Å². The van der Waals surface area contributed by atoms with E-state index in [4.69, 9.17) is 0 Å². The molecule has 0 radical (unpaired) electrons. The van der Waals surface area contributed by atoms with Crippen LogP contribution in [0.25, 0.3) is 0 Å². The summed E-state index contributed by atoms with van der Waals surface area (Å²) < 4.78 is 38.7. The van der Waals surface area contributed by atoms with Crippen molar-refractivity contribution in [3.63, 3.8) is 0 Å². The van der Waals surface area contributed by atoms with Crippen molar-refractivity contribution in [3.05, 3.63) is 47.5 Å². The smallest absolute Gasteiger partial charge is 0.170 e. The molecule has 1 aromatic carbocycles. The Morgan fingerprint density at radius 2 is 1.67 bits per heavy atom. The molecule has 80 valence electrons. The van der Waals surface area contributed by atoms with Gasteiger partial charge in [-0.3, -0.25) is 0 Å². The van der Waals surface area contributed by atoms with Crippen molar-refractivity contribution in [3.8, 4) is 0 Å². The van der Waals surface area contributed by atoms with Gasteiger partial charge in [0, 0.05) is 0 Å². The minimum Gasteiger partial charge on any atom is -0.170 e. The number of aryl methyl sites for hydroxylation is 1. The third-order valence-corrected chi connectivity index (χ3v) is 2.91. The third kappa shape index (κ3) is 1.46. The maximum atomic E-state index is 12.9. The zero-order chi connectivity index (χ0) is 11.1. The molecule has 3 heteroatoms. The fraction of sp³-hybridized carbons (Fsp3) is 0.333. The number of halogens is 3. The average Bonchev–Trinajstić information content (AvgIpc) is 2.03. The minimum absolute atomic E-state index is 0.0551. The molecule has 1 atom stereocenters. The summed E-state index contributed by atoms with van der Waals surface area (Å²) in [6.45, 7) is 1.86. The van der Waals surface area contributed by atoms with Gasteiger partial charge in [0.05, 0.1) is 0 Å². The molecule has 0 aliphatic heterocycles. The molecule has 0 bridgehead atoms. The molecule has 0 saturated carbocycles. The standard InChI is InChI=1S/C12H11F3/c1-9-3-5-10(6-4-9)11(7-2-8-11)12(13,14)15/h2-7H,8H2,1H3. The minimum atomic E-state index is -4.20. The first-order valence-corrected chi connectivity index (χ1v) is 4.77. The lowest BCUT2D eigenvalue weighted by molar-refractivity contribution is -0.179. The maximum absolute atomic E-state index is 12.9. The number of rotatable bonds is 1. The lowest BCUT2D eigenvalue weighted by Crippen LogP contribution is -2.44. The highest BCUT2D eigenvalue weighted by molar-refractivity contribution is 5.40. The van der Waals surface area contributed by atoms with Crippen LogP contribution in [0.3, 0.4) is 0 Å². The summed E-state index contributed by atoms with van der Waals surface area (Å²) in [5, 5.41) is 0. The van der Waals surface area contributed by atoms with Gasteiger partial charge in [0.1, 0.15) is 5.41 Å². The molecular weight excluding hydrogens is 201 g/mol. The lowest BCUT2D eigenvalue weighted by Gasteiger charge is -2.38. The van der Waals surface area contributed by atoms with Crippen molar-refractivity contribution in [2.24, 2.45) is 0 Å². The molecule has 1 aliphatic carbocycles. The van der Waals surface area contributed by atoms with Gasteiger partial charge in [-0.2, -0.15) is 13.2 Å². The topological polar surface area (TPSA) is 0 Å². The monoisotopic (exact) mass is 212 g/mol. The number of hydrogen-bond acceptors (Lipinski definition) is 0. The summed E-state index contributed by atoms with van der Waals surface area (Å²) in [4.78, 5) is 0. The predicted molar refractivity (Wildman–Crippen MR) is 52.7 cm³/mol. The van der Waals surface area contributed by atoms with Crippen molar-refractivity contribution in [1.29, 1.82) is 0 Å². The first-order chi connectivity index (χ1) is 6.96. The van der Waals surface area contributed by atoms with Crippen molar-refractivity contribution >= 4 is 0 Å². The SMILES string of the molecule is Cc1ccc(C2(C(F)(F)F)C=CC2)cc1. The van der Waals surface area contributed by atoms with Crippen LogP contribution in [0.4, 0.5) is 13.2 Å². The van der Waals surface area contributed by atoms with Gasteiger partial charge in [-0.15, -0.1) is 0 Å². The molecule has 0 N–H and O–H groups in total. The van der Waals surface area contributed by atoms with Gasteiger partial charge in [0.15, 0.2) is 0 Å². The zero-order valence-corrected chi connectivity index (χ0v) is 8.31. The van der Waals surface area contributed by atoms with Crippen LogP contribution >= 0.6 is 0 Å². The first-order valence-electron chi connectivity index (χ1n) is 4.77. The highest BCUT2D eigenvalue weighted by Crippen LogP contribution is 2.49. The molecule has 0 nitrogen and oxygen atoms in total. The van der Waals surface area contributed by atoms with Crippen LogP contribution in [-0.4, -0.2) is 6.18 Å². The summed E-state index contributed by atoms with van der Waals surface area (Å²) in [7, 11) is 0. The Kier molecular flexibility index (Phi) is 2.14. The summed E-state index contributed by atoms with van der Waals surface area (Å²) in [6, 6.07) is 6.56. The van der Waals surface area contributed by atoms with Gasteiger partial charge in [-0.25, -0.2) is 0 Å². The molecule has 0 amide bonds. The van der Waals surface area contributed by atoms with Crippen molar-refractivity contribution in [2.45, 2.75) is 24.9 Å². The fourth-order valence-corrected chi connectivity index (χ4v) is 1.79. The summed E-state index contributed by atoms with van der Waals surface area (Å²) in [5.74, 6) is 0. The van der Waals surface area contributed by atoms with Crippen LogP contribution in [0.1, 0.15) is 17.5 Å². The molecule has 15 heavy (non-hydrogen) atoms. The van der Waals surface area contributed by atoms with Crippen molar-refractivity contribution in [1.82, 2.24) is 0 Å². The van der Waals surface area contributed by atoms with Gasteiger partial charge in [0.2, 0.25) is 0 Å². The van der Waals surface area contributed by atoms with Crippen molar-refractivity contribution in [2.75, 3.05) is 0 Å². The highest BCUT2D eigenvalue weighted by atomic mass is 19.4. The Morgan fingerprint density at radius 3 is 2.00 bits per heavy atom. The molecule has 0 heterocycles. The van der Waals surface area contributed by atoms with E-state index in [-0.39, 0.29) is 6.42 Å². The number of benzene rings is 1. The quantitative estimate of drug-likeness (QED) is 0.622. The summed E-state index contributed by atoms with van der Waals surface area (Å²) in [6.07, 6.45) is -1.33. The van der Waals surface area contributed by atoms with Crippen LogP contribution in [0.15, 0.2) is 36.4 Å². The molecule has 0 fully saturated rings. The number of hydrogen-bond donors (Lipinski definition) is 0. The van der Waals surface area contributed by atoms with E-state index in [0.717, 1.165) is 5.56 Å². The predicted octanol–water partition coefficient (Wildman–Crippen LogP) is 3.76. The van der Waals surface area contributed by atoms with Gasteiger partial charge in [0.25, 0.3) is 0 Å². The molecular formula is C12H11F3. The van der Waals surface area contributed by atoms with E-state index in [2.05, 4.69) is 0 Å². The van der Waals surface area contributed by atoms with E-state index < -0.39 is 11.6 Å². The maximum Gasteiger partial charge on any atom is 0.402 e. The van der Waals surface area contributed by atoms with E-state index in [0.29, 0.717) is 5.56 Å². The van der Waals surface area contributed by atoms with Crippen molar-refractivity contribution < 1.29 is 13.2 Å². The Hall–Kier alpha value is -1.25. The fourth-order valence-electron chi connectivity index (χ4n) is 1.79. The van der Waals surface area contributed by atoms with Crippen LogP contribution in [0.5, 0.6) is 0 Å². The van der Waals surface area contributed by atoms with Gasteiger partial charge >= 0.3 is 6.18 Å². The van der Waals surface area contributed by atoms with Gasteiger partial charge in [-0.05, 0) is 18.9 Å². The normalized spacial score (nSPS) is 25.1. The largest absolute Gasteiger partial charge is 0.402 e. The molecule has 0 saturated heterocycles. The third-order valence-electron chi connectivity index (χ3n) is 2.91. The molecule has 0 spiro atoms. The second-order valence-corrected chi connectivity index (χ2v) is 3.94. The van der Waals surface area contributed by atoms with Gasteiger partial charge in [-0.1, -0.05) is 42.0 Å². The molecule has 1 aromatic rings. The van der Waals surface area contributed by atoms with E-state index in [1.807, 2.05) is 6.92 Å². The molecule has 1 unspecified atom stereocenters. The van der Waals surface area contributed by atoms with Crippen LogP contribution in [0.2, 0.25) is 0 Å². The van der Waals surface area contributed by atoms with Crippen LogP contribution < -0.4 is 0 Å². The second kappa shape index (κ2) is 3.12. The Balaban J connectivity index is 2.44. The molecule has 1 aliphatic rings. The molecule has 2 rings (SSSR count). The van der Waals surface area contributed by atoms with E-state index >= 15 is 0 Å². The number of allylic oxidation sites excluding steroid dienone is 2. The first kappa shape index (κ1) is 10.3. The van der Waals surface area contributed by atoms with E-state index in [1.165, 1.54) is 6.08 Å². The lowest BCUT2D eigenvalue weighted by atomic mass is 9.70. The Bertz CT molecular complexity index is 386. The zero-order valence-electron chi connectivity index (χ0n) is 8.31. The van der Waals surface area contributed by atoms with E-state index in [9.17, 15) is 13.2 Å². The number of alkyl halides is 3. The van der Waals surface area contributed by atoms with Gasteiger partial charge < -0.3 is 0 Å². The second-order valence-electron chi connectivity index (χ2n) is 3.94. The summed E-state index contributed by atoms with van der Waals surface area (Å²) in [5.41, 5.74) is -0.428. The van der Waals surface area contributed by atoms with E-state index in [1.54, 1.807) is 30.3 Å². The highest BCUT2D eigenvalue weighted by Gasteiger charge is 2.56. The summed E-state index contributed by atoms with van der Waals surface area (Å²) >= 11 is 0. The average molecular weight is 212 g/mol. The van der Waals surface area contributed by atoms with Crippen LogP contribution in [0, 0.1) is 6.92 Å². The Morgan fingerprint density at radius 1 is 1.13 bits per heavy atom. The van der Waals surface area contributed by atoms with Crippen LogP contribution in [-0.2, 0) is 5.41 Å².